The first-order chi connectivity index (χ1) is 8.56. The molecule has 0 radical (unpaired) electrons. The maximum Gasteiger partial charge on any atom is 0.288 e. The molecule has 0 saturated heterocycles. The summed E-state index contributed by atoms with van der Waals surface area (Å²) in [5.41, 5.74) is 1.67. The van der Waals surface area contributed by atoms with Crippen molar-refractivity contribution in [3.8, 4) is 0 Å². The second kappa shape index (κ2) is 7.48. The molecule has 0 aromatic heterocycles. The lowest BCUT2D eigenvalue weighted by Gasteiger charge is -2.10. The molecule has 0 aliphatic carbocycles. The summed E-state index contributed by atoms with van der Waals surface area (Å²) >= 11 is 7.77. The molecule has 0 unspecified atom stereocenters. The Morgan fingerprint density at radius 1 is 1.50 bits per heavy atom. The lowest BCUT2D eigenvalue weighted by molar-refractivity contribution is -0.384. The van der Waals surface area contributed by atoms with Gasteiger partial charge in [-0.25, -0.2) is 0 Å². The fourth-order valence-corrected chi connectivity index (χ4v) is 2.41. The fraction of sp³-hybridized carbons (Fsp3) is 0.500. The van der Waals surface area contributed by atoms with Gasteiger partial charge in [-0.15, -0.1) is 0 Å². The van der Waals surface area contributed by atoms with Crippen molar-refractivity contribution in [1.29, 1.82) is 0 Å². The second-order valence-corrected chi connectivity index (χ2v) is 5.65. The summed E-state index contributed by atoms with van der Waals surface area (Å²) < 4.78 is 0. The van der Waals surface area contributed by atoms with Crippen LogP contribution in [0.25, 0.3) is 0 Å². The van der Waals surface area contributed by atoms with Crippen LogP contribution >= 0.6 is 23.4 Å². The molecule has 18 heavy (non-hydrogen) atoms. The number of nitro groups is 1. The van der Waals surface area contributed by atoms with Gasteiger partial charge in [0, 0.05) is 18.3 Å². The number of halogens is 1. The van der Waals surface area contributed by atoms with Gasteiger partial charge in [-0.05, 0) is 36.5 Å². The highest BCUT2D eigenvalue weighted by Crippen LogP contribution is 2.30. The maximum atomic E-state index is 10.7. The van der Waals surface area contributed by atoms with E-state index in [9.17, 15) is 10.1 Å². The van der Waals surface area contributed by atoms with Crippen molar-refractivity contribution < 1.29 is 4.92 Å². The SMILES string of the molecule is CCSCCCNc1cc(Cl)c([N+](=O)[O-])cc1C. The highest BCUT2D eigenvalue weighted by Gasteiger charge is 2.14. The van der Waals surface area contributed by atoms with Gasteiger partial charge in [0.15, 0.2) is 0 Å². The van der Waals surface area contributed by atoms with Crippen LogP contribution in [0.4, 0.5) is 11.4 Å². The van der Waals surface area contributed by atoms with Crippen molar-refractivity contribution >= 4 is 34.7 Å². The zero-order chi connectivity index (χ0) is 13.5. The Hall–Kier alpha value is -0.940. The number of nitrogens with one attached hydrogen (secondary N) is 1. The lowest BCUT2D eigenvalue weighted by atomic mass is 10.1. The highest BCUT2D eigenvalue weighted by atomic mass is 35.5. The van der Waals surface area contributed by atoms with Crippen molar-refractivity contribution in [1.82, 2.24) is 0 Å². The Morgan fingerprint density at radius 3 is 2.83 bits per heavy atom. The summed E-state index contributed by atoms with van der Waals surface area (Å²) in [6.45, 7) is 4.83. The minimum atomic E-state index is -0.461. The number of benzene rings is 1. The van der Waals surface area contributed by atoms with Gasteiger partial charge in [0.1, 0.15) is 5.02 Å². The van der Waals surface area contributed by atoms with E-state index in [-0.39, 0.29) is 10.7 Å². The summed E-state index contributed by atoms with van der Waals surface area (Å²) in [5, 5.41) is 14.2. The van der Waals surface area contributed by atoms with Crippen molar-refractivity contribution in [2.24, 2.45) is 0 Å². The molecule has 1 N–H and O–H groups in total. The largest absolute Gasteiger partial charge is 0.385 e. The summed E-state index contributed by atoms with van der Waals surface area (Å²) in [4.78, 5) is 10.3. The molecule has 0 bridgehead atoms. The van der Waals surface area contributed by atoms with Crippen LogP contribution in [0.15, 0.2) is 12.1 Å². The van der Waals surface area contributed by atoms with E-state index >= 15 is 0 Å². The third-order valence-corrected chi connectivity index (χ3v) is 3.76. The van der Waals surface area contributed by atoms with Crippen LogP contribution in [-0.4, -0.2) is 23.0 Å². The molecule has 0 atom stereocenters. The molecule has 6 heteroatoms. The van der Waals surface area contributed by atoms with Gasteiger partial charge in [-0.3, -0.25) is 10.1 Å². The molecule has 1 rings (SSSR count). The van der Waals surface area contributed by atoms with Gasteiger partial charge in [-0.2, -0.15) is 11.8 Å². The molecule has 1 aromatic rings. The number of anilines is 1. The van der Waals surface area contributed by atoms with E-state index in [0.717, 1.165) is 35.7 Å². The van der Waals surface area contributed by atoms with Crippen molar-refractivity contribution in [2.75, 3.05) is 23.4 Å². The Balaban J connectivity index is 2.62. The number of thioether (sulfide) groups is 1. The number of rotatable bonds is 7. The molecule has 0 amide bonds. The normalized spacial score (nSPS) is 10.4. The van der Waals surface area contributed by atoms with Gasteiger partial charge in [0.2, 0.25) is 0 Å². The monoisotopic (exact) mass is 288 g/mol. The molecule has 0 saturated carbocycles. The standard InChI is InChI=1S/C12H17ClN2O2S/c1-3-18-6-4-5-14-11-8-10(13)12(15(16)17)7-9(11)2/h7-8,14H,3-6H2,1-2H3. The predicted octanol–water partition coefficient (Wildman–Crippen LogP) is 4.11. The fourth-order valence-electron chi connectivity index (χ4n) is 1.54. The molecule has 0 aliphatic rings. The van der Waals surface area contributed by atoms with Gasteiger partial charge in [-0.1, -0.05) is 18.5 Å². The van der Waals surface area contributed by atoms with Crippen LogP contribution in [0.5, 0.6) is 0 Å². The average Bonchev–Trinajstić information content (AvgIpc) is 2.32. The van der Waals surface area contributed by atoms with Crippen molar-refractivity contribution in [2.45, 2.75) is 20.3 Å². The molecule has 0 fully saturated rings. The van der Waals surface area contributed by atoms with Crippen LogP contribution < -0.4 is 5.32 Å². The molecular weight excluding hydrogens is 272 g/mol. The minimum Gasteiger partial charge on any atom is -0.385 e. The molecule has 100 valence electrons. The number of nitro benzene ring substituents is 1. The number of hydrogen-bond acceptors (Lipinski definition) is 4. The highest BCUT2D eigenvalue weighted by molar-refractivity contribution is 7.99. The van der Waals surface area contributed by atoms with Gasteiger partial charge < -0.3 is 5.32 Å². The van der Waals surface area contributed by atoms with E-state index < -0.39 is 4.92 Å². The Morgan fingerprint density at radius 2 is 2.22 bits per heavy atom. The van der Waals surface area contributed by atoms with E-state index in [1.807, 2.05) is 18.7 Å². The Kier molecular flexibility index (Phi) is 6.29. The maximum absolute atomic E-state index is 10.7. The van der Waals surface area contributed by atoms with Gasteiger partial charge in [0.05, 0.1) is 4.92 Å². The molecular formula is C12H17ClN2O2S. The smallest absolute Gasteiger partial charge is 0.288 e. The second-order valence-electron chi connectivity index (χ2n) is 3.85. The van der Waals surface area contributed by atoms with Crippen LogP contribution in [0.1, 0.15) is 18.9 Å². The summed E-state index contributed by atoms with van der Waals surface area (Å²) in [7, 11) is 0. The minimum absolute atomic E-state index is 0.0405. The first-order valence-electron chi connectivity index (χ1n) is 5.82. The summed E-state index contributed by atoms with van der Waals surface area (Å²) in [5.74, 6) is 2.24. The Bertz CT molecular complexity index is 427. The van der Waals surface area contributed by atoms with E-state index in [1.54, 1.807) is 6.07 Å². The molecule has 0 heterocycles. The number of aryl methyl sites for hydroxylation is 1. The molecule has 1 aromatic carbocycles. The number of nitrogens with zero attached hydrogens (tertiary/aromatic N) is 1. The third-order valence-electron chi connectivity index (χ3n) is 2.48. The van der Waals surface area contributed by atoms with E-state index in [2.05, 4.69) is 12.2 Å². The number of hydrogen-bond donors (Lipinski definition) is 1. The van der Waals surface area contributed by atoms with E-state index in [0.29, 0.717) is 0 Å². The Labute approximate surface area is 116 Å². The third kappa shape index (κ3) is 4.38. The molecule has 0 spiro atoms. The van der Waals surface area contributed by atoms with Crippen molar-refractivity contribution in [3.63, 3.8) is 0 Å². The molecule has 0 aliphatic heterocycles. The van der Waals surface area contributed by atoms with E-state index in [1.165, 1.54) is 6.07 Å². The summed E-state index contributed by atoms with van der Waals surface area (Å²) in [6.07, 6.45) is 1.06. The van der Waals surface area contributed by atoms with Gasteiger partial charge in [0.25, 0.3) is 5.69 Å². The summed E-state index contributed by atoms with van der Waals surface area (Å²) in [6, 6.07) is 3.13. The quantitative estimate of drug-likeness (QED) is 0.466. The topological polar surface area (TPSA) is 55.2 Å². The van der Waals surface area contributed by atoms with Crippen molar-refractivity contribution in [3.05, 3.63) is 32.8 Å². The van der Waals surface area contributed by atoms with Gasteiger partial charge >= 0.3 is 0 Å². The van der Waals surface area contributed by atoms with Crippen LogP contribution in [0, 0.1) is 17.0 Å². The first-order valence-corrected chi connectivity index (χ1v) is 7.35. The van der Waals surface area contributed by atoms with Crippen LogP contribution in [0.2, 0.25) is 5.02 Å². The van der Waals surface area contributed by atoms with E-state index in [4.69, 9.17) is 11.6 Å². The van der Waals surface area contributed by atoms with Crippen LogP contribution in [-0.2, 0) is 0 Å². The average molecular weight is 289 g/mol. The first kappa shape index (κ1) is 15.1. The lowest BCUT2D eigenvalue weighted by Crippen LogP contribution is -2.04. The predicted molar refractivity (Wildman–Crippen MR) is 78.9 cm³/mol. The molecule has 4 nitrogen and oxygen atoms in total. The zero-order valence-electron chi connectivity index (χ0n) is 10.5. The van der Waals surface area contributed by atoms with Crippen LogP contribution in [0.3, 0.4) is 0 Å². The zero-order valence-corrected chi connectivity index (χ0v) is 12.1.